The van der Waals surface area contributed by atoms with Gasteiger partial charge in [-0.1, -0.05) is 25.4 Å². The molecule has 1 rings (SSSR count). The van der Waals surface area contributed by atoms with Gasteiger partial charge in [0.15, 0.2) is 5.03 Å². The predicted molar refractivity (Wildman–Crippen MR) is 64.3 cm³/mol. The topological polar surface area (TPSA) is 84.2 Å². The Bertz CT molecular complexity index is 464. The molecule has 0 unspecified atom stereocenters. The Kier molecular flexibility index (Phi) is 4.54. The van der Waals surface area contributed by atoms with Crippen LogP contribution >= 0.6 is 11.6 Å². The lowest BCUT2D eigenvalue weighted by atomic mass is 10.1. The minimum absolute atomic E-state index is 0.0261. The average Bonchev–Trinajstić information content (AvgIpc) is 2.55. The Labute approximate surface area is 106 Å². The van der Waals surface area contributed by atoms with E-state index in [1.165, 1.54) is 17.9 Å². The molecule has 0 bridgehead atoms. The van der Waals surface area contributed by atoms with E-state index in [2.05, 4.69) is 9.82 Å². The van der Waals surface area contributed by atoms with Crippen LogP contribution in [0.5, 0.6) is 0 Å². The number of sulfonamides is 1. The molecular formula is C9H16ClN3O3S. The number of rotatable bonds is 5. The number of aryl methyl sites for hydroxylation is 1. The number of nitrogens with zero attached hydrogens (tertiary/aromatic N) is 2. The maximum absolute atomic E-state index is 12.0. The molecule has 1 aromatic heterocycles. The summed E-state index contributed by atoms with van der Waals surface area (Å²) in [6.07, 6.45) is 1.26. The lowest BCUT2D eigenvalue weighted by Crippen LogP contribution is -2.41. The second kappa shape index (κ2) is 5.34. The molecule has 0 saturated heterocycles. The monoisotopic (exact) mass is 281 g/mol. The molecule has 98 valence electrons. The van der Waals surface area contributed by atoms with Crippen molar-refractivity contribution in [3.05, 3.63) is 11.2 Å². The predicted octanol–water partition coefficient (Wildman–Crippen LogP) is 0.369. The van der Waals surface area contributed by atoms with Crippen molar-refractivity contribution < 1.29 is 13.5 Å². The van der Waals surface area contributed by atoms with Crippen LogP contribution < -0.4 is 4.72 Å². The van der Waals surface area contributed by atoms with Gasteiger partial charge in [-0.25, -0.2) is 13.1 Å². The number of aliphatic hydroxyl groups excluding tert-OH is 1. The summed E-state index contributed by atoms with van der Waals surface area (Å²) in [6.45, 7) is 3.36. The molecule has 0 aliphatic rings. The fraction of sp³-hybridized carbons (Fsp3) is 0.667. The SMILES string of the molecule is CC(C)[C@@H](CO)NS(=O)(=O)c1c(Cl)cnn1C. The molecule has 0 amide bonds. The highest BCUT2D eigenvalue weighted by Crippen LogP contribution is 2.20. The van der Waals surface area contributed by atoms with Gasteiger partial charge in [0.2, 0.25) is 0 Å². The van der Waals surface area contributed by atoms with Gasteiger partial charge >= 0.3 is 0 Å². The van der Waals surface area contributed by atoms with Crippen LogP contribution in [0.4, 0.5) is 0 Å². The molecule has 0 radical (unpaired) electrons. The fourth-order valence-corrected chi connectivity index (χ4v) is 3.37. The average molecular weight is 282 g/mol. The van der Waals surface area contributed by atoms with Crippen molar-refractivity contribution >= 4 is 21.6 Å². The zero-order chi connectivity index (χ0) is 13.2. The Balaban J connectivity index is 3.05. The first kappa shape index (κ1) is 14.4. The maximum atomic E-state index is 12.0. The number of aromatic nitrogens is 2. The normalized spacial score (nSPS) is 14.2. The van der Waals surface area contributed by atoms with Crippen molar-refractivity contribution in [1.82, 2.24) is 14.5 Å². The van der Waals surface area contributed by atoms with Crippen molar-refractivity contribution in [2.24, 2.45) is 13.0 Å². The van der Waals surface area contributed by atoms with Gasteiger partial charge in [-0.2, -0.15) is 5.10 Å². The minimum Gasteiger partial charge on any atom is -0.395 e. The van der Waals surface area contributed by atoms with Crippen LogP contribution in [0.25, 0.3) is 0 Å². The number of hydrogen-bond acceptors (Lipinski definition) is 4. The highest BCUT2D eigenvalue weighted by molar-refractivity contribution is 7.89. The Morgan fingerprint density at radius 3 is 2.53 bits per heavy atom. The minimum atomic E-state index is -3.78. The third-order valence-electron chi connectivity index (χ3n) is 2.41. The van der Waals surface area contributed by atoms with Gasteiger partial charge in [0.05, 0.1) is 17.8 Å². The van der Waals surface area contributed by atoms with E-state index in [4.69, 9.17) is 16.7 Å². The van der Waals surface area contributed by atoms with E-state index in [1.807, 2.05) is 13.8 Å². The highest BCUT2D eigenvalue weighted by atomic mass is 35.5. The van der Waals surface area contributed by atoms with Crippen LogP contribution in [0.15, 0.2) is 11.2 Å². The molecule has 1 atom stereocenters. The van der Waals surface area contributed by atoms with E-state index in [-0.39, 0.29) is 22.6 Å². The van der Waals surface area contributed by atoms with Crippen molar-refractivity contribution in [3.8, 4) is 0 Å². The van der Waals surface area contributed by atoms with E-state index in [1.54, 1.807) is 0 Å². The summed E-state index contributed by atoms with van der Waals surface area (Å²) in [4.78, 5) is 0. The van der Waals surface area contributed by atoms with Gasteiger partial charge in [-0.05, 0) is 5.92 Å². The first-order chi connectivity index (χ1) is 7.79. The van der Waals surface area contributed by atoms with Gasteiger partial charge < -0.3 is 5.11 Å². The number of halogens is 1. The molecule has 0 aromatic carbocycles. The third kappa shape index (κ3) is 3.19. The van der Waals surface area contributed by atoms with Crippen molar-refractivity contribution in [2.45, 2.75) is 24.9 Å². The van der Waals surface area contributed by atoms with Crippen LogP contribution in [-0.2, 0) is 17.1 Å². The lowest BCUT2D eigenvalue weighted by molar-refractivity contribution is 0.227. The first-order valence-electron chi connectivity index (χ1n) is 5.10. The van der Waals surface area contributed by atoms with Gasteiger partial charge in [-0.15, -0.1) is 0 Å². The van der Waals surface area contributed by atoms with E-state index >= 15 is 0 Å². The summed E-state index contributed by atoms with van der Waals surface area (Å²) in [7, 11) is -2.29. The standard InChI is InChI=1S/C9H16ClN3O3S/c1-6(2)8(5-14)12-17(15,16)9-7(10)4-11-13(9)3/h4,6,8,12,14H,5H2,1-3H3/t8-/m1/s1. The van der Waals surface area contributed by atoms with Gasteiger partial charge in [0, 0.05) is 13.1 Å². The van der Waals surface area contributed by atoms with Crippen molar-refractivity contribution in [1.29, 1.82) is 0 Å². The zero-order valence-electron chi connectivity index (χ0n) is 9.88. The van der Waals surface area contributed by atoms with Gasteiger partial charge in [-0.3, -0.25) is 4.68 Å². The molecule has 0 spiro atoms. The van der Waals surface area contributed by atoms with Crippen LogP contribution in [0.3, 0.4) is 0 Å². The van der Waals surface area contributed by atoms with E-state index in [9.17, 15) is 8.42 Å². The Morgan fingerprint density at radius 1 is 1.59 bits per heavy atom. The molecule has 0 fully saturated rings. The zero-order valence-corrected chi connectivity index (χ0v) is 11.5. The second-order valence-electron chi connectivity index (χ2n) is 4.08. The first-order valence-corrected chi connectivity index (χ1v) is 6.96. The van der Waals surface area contributed by atoms with Crippen LogP contribution in [0, 0.1) is 5.92 Å². The molecular weight excluding hydrogens is 266 g/mol. The summed E-state index contributed by atoms with van der Waals surface area (Å²) < 4.78 is 27.7. The Hall–Kier alpha value is -0.630. The van der Waals surface area contributed by atoms with Crippen LogP contribution in [0.1, 0.15) is 13.8 Å². The molecule has 17 heavy (non-hydrogen) atoms. The van der Waals surface area contributed by atoms with Gasteiger partial charge in [0.25, 0.3) is 10.0 Å². The summed E-state index contributed by atoms with van der Waals surface area (Å²) in [5, 5.41) is 12.8. The van der Waals surface area contributed by atoms with E-state index in [0.717, 1.165) is 0 Å². The third-order valence-corrected chi connectivity index (χ3v) is 4.40. The van der Waals surface area contributed by atoms with E-state index in [0.29, 0.717) is 0 Å². The molecule has 6 nitrogen and oxygen atoms in total. The van der Waals surface area contributed by atoms with Crippen molar-refractivity contribution in [3.63, 3.8) is 0 Å². The number of aliphatic hydroxyl groups is 1. The Morgan fingerprint density at radius 2 is 2.18 bits per heavy atom. The fourth-order valence-electron chi connectivity index (χ4n) is 1.34. The van der Waals surface area contributed by atoms with Crippen molar-refractivity contribution in [2.75, 3.05) is 6.61 Å². The highest BCUT2D eigenvalue weighted by Gasteiger charge is 2.26. The maximum Gasteiger partial charge on any atom is 0.259 e. The largest absolute Gasteiger partial charge is 0.395 e. The molecule has 0 saturated carbocycles. The number of nitrogens with one attached hydrogen (secondary N) is 1. The molecule has 0 aliphatic carbocycles. The molecule has 0 aliphatic heterocycles. The molecule has 8 heteroatoms. The quantitative estimate of drug-likeness (QED) is 0.817. The summed E-state index contributed by atoms with van der Waals surface area (Å²) in [5.41, 5.74) is 0. The van der Waals surface area contributed by atoms with E-state index < -0.39 is 16.1 Å². The lowest BCUT2D eigenvalue weighted by Gasteiger charge is -2.19. The van der Waals surface area contributed by atoms with Gasteiger partial charge in [0.1, 0.15) is 0 Å². The summed E-state index contributed by atoms with van der Waals surface area (Å²) >= 11 is 5.77. The number of hydrogen-bond donors (Lipinski definition) is 2. The smallest absolute Gasteiger partial charge is 0.259 e. The summed E-state index contributed by atoms with van der Waals surface area (Å²) in [5.74, 6) is -0.0261. The molecule has 1 aromatic rings. The summed E-state index contributed by atoms with van der Waals surface area (Å²) in [6, 6.07) is -0.550. The second-order valence-corrected chi connectivity index (χ2v) is 6.11. The van der Waals surface area contributed by atoms with Crippen LogP contribution in [0.2, 0.25) is 5.02 Å². The molecule has 2 N–H and O–H groups in total. The van der Waals surface area contributed by atoms with Crippen LogP contribution in [-0.4, -0.2) is 36.0 Å². The molecule has 1 heterocycles.